The van der Waals surface area contributed by atoms with E-state index in [0.717, 1.165) is 0 Å². The van der Waals surface area contributed by atoms with Gasteiger partial charge in [0.1, 0.15) is 11.6 Å². The highest BCUT2D eigenvalue weighted by Crippen LogP contribution is 2.24. The molecule has 0 radical (unpaired) electrons. The lowest BCUT2D eigenvalue weighted by atomic mass is 10.0. The first-order valence-corrected chi connectivity index (χ1v) is 4.28. The lowest BCUT2D eigenvalue weighted by molar-refractivity contribution is -0.139. The summed E-state index contributed by atoms with van der Waals surface area (Å²) in [5, 5.41) is 8.92. The van der Waals surface area contributed by atoms with Crippen LogP contribution in [0, 0.1) is 0 Å². The number of carboxylic acids is 1. The van der Waals surface area contributed by atoms with Crippen molar-refractivity contribution in [2.75, 3.05) is 7.11 Å². The van der Waals surface area contributed by atoms with Gasteiger partial charge < -0.3 is 9.84 Å². The van der Waals surface area contributed by atoms with Crippen molar-refractivity contribution in [3.63, 3.8) is 0 Å². The molecule has 0 aliphatic heterocycles. The molecule has 5 nitrogen and oxygen atoms in total. The molecule has 1 rings (SSSR count). The maximum absolute atomic E-state index is 10.9. The molecule has 1 unspecified atom stereocenters. The SMILES string of the molecule is CCC(C(=O)O)c1nccnc1OC. The summed E-state index contributed by atoms with van der Waals surface area (Å²) in [4.78, 5) is 18.7. The molecular weight excluding hydrogens is 184 g/mol. The number of ether oxygens (including phenoxy) is 1. The Morgan fingerprint density at radius 2 is 2.21 bits per heavy atom. The third-order valence-electron chi connectivity index (χ3n) is 1.92. The minimum Gasteiger partial charge on any atom is -0.481 e. The lowest BCUT2D eigenvalue weighted by Crippen LogP contribution is -2.13. The predicted octanol–water partition coefficient (Wildman–Crippen LogP) is 1.06. The maximum Gasteiger partial charge on any atom is 0.312 e. The van der Waals surface area contributed by atoms with Crippen LogP contribution in [0.2, 0.25) is 0 Å². The fourth-order valence-corrected chi connectivity index (χ4v) is 1.22. The van der Waals surface area contributed by atoms with E-state index in [1.165, 1.54) is 19.5 Å². The minimum atomic E-state index is -0.911. The first-order valence-electron chi connectivity index (χ1n) is 4.28. The Labute approximate surface area is 81.8 Å². The number of aromatic nitrogens is 2. The third-order valence-corrected chi connectivity index (χ3v) is 1.92. The standard InChI is InChI=1S/C9H12N2O3/c1-3-6(9(12)13)7-8(14-2)11-5-4-10-7/h4-6H,3H2,1-2H3,(H,12,13). The van der Waals surface area contributed by atoms with Crippen molar-refractivity contribution >= 4 is 5.97 Å². The first kappa shape index (κ1) is 10.4. The lowest BCUT2D eigenvalue weighted by Gasteiger charge is -2.11. The summed E-state index contributed by atoms with van der Waals surface area (Å²) in [6, 6.07) is 0. The second-order valence-corrected chi connectivity index (χ2v) is 2.75. The Morgan fingerprint density at radius 3 is 2.71 bits per heavy atom. The van der Waals surface area contributed by atoms with Crippen LogP contribution in [0.5, 0.6) is 5.88 Å². The van der Waals surface area contributed by atoms with E-state index in [0.29, 0.717) is 12.1 Å². The van der Waals surface area contributed by atoms with Crippen molar-refractivity contribution in [1.82, 2.24) is 9.97 Å². The number of rotatable bonds is 4. The van der Waals surface area contributed by atoms with E-state index in [4.69, 9.17) is 9.84 Å². The number of hydrogen-bond acceptors (Lipinski definition) is 4. The fourth-order valence-electron chi connectivity index (χ4n) is 1.22. The van der Waals surface area contributed by atoms with Gasteiger partial charge in [0.15, 0.2) is 0 Å². The van der Waals surface area contributed by atoms with Crippen LogP contribution in [0.4, 0.5) is 0 Å². The molecule has 76 valence electrons. The molecule has 0 saturated carbocycles. The van der Waals surface area contributed by atoms with Crippen LogP contribution in [0.25, 0.3) is 0 Å². The number of hydrogen-bond donors (Lipinski definition) is 1. The number of carboxylic acid groups (broad SMARTS) is 1. The van der Waals surface area contributed by atoms with Crippen molar-refractivity contribution in [1.29, 1.82) is 0 Å². The Morgan fingerprint density at radius 1 is 1.57 bits per heavy atom. The molecule has 1 aromatic rings. The largest absolute Gasteiger partial charge is 0.481 e. The molecule has 0 aliphatic carbocycles. The van der Waals surface area contributed by atoms with Gasteiger partial charge in [0.25, 0.3) is 0 Å². The van der Waals surface area contributed by atoms with Gasteiger partial charge >= 0.3 is 5.97 Å². The Balaban J connectivity index is 3.08. The van der Waals surface area contributed by atoms with E-state index >= 15 is 0 Å². The van der Waals surface area contributed by atoms with Crippen molar-refractivity contribution in [2.24, 2.45) is 0 Å². The summed E-state index contributed by atoms with van der Waals surface area (Å²) in [5.41, 5.74) is 0.380. The molecule has 1 heterocycles. The number of carbonyl (C=O) groups is 1. The van der Waals surface area contributed by atoms with E-state index in [1.54, 1.807) is 6.92 Å². The van der Waals surface area contributed by atoms with Gasteiger partial charge in [-0.3, -0.25) is 9.78 Å². The van der Waals surface area contributed by atoms with E-state index in [-0.39, 0.29) is 5.88 Å². The molecular formula is C9H12N2O3. The van der Waals surface area contributed by atoms with Gasteiger partial charge in [0.2, 0.25) is 5.88 Å². The van der Waals surface area contributed by atoms with Crippen LogP contribution in [-0.2, 0) is 4.79 Å². The summed E-state index contributed by atoms with van der Waals surface area (Å²) < 4.78 is 4.94. The third kappa shape index (κ3) is 1.99. The molecule has 0 amide bonds. The first-order chi connectivity index (χ1) is 6.70. The fraction of sp³-hybridized carbons (Fsp3) is 0.444. The van der Waals surface area contributed by atoms with Gasteiger partial charge in [0.05, 0.1) is 7.11 Å². The monoisotopic (exact) mass is 196 g/mol. The van der Waals surface area contributed by atoms with Crippen LogP contribution >= 0.6 is 0 Å². The molecule has 0 aromatic carbocycles. The molecule has 14 heavy (non-hydrogen) atoms. The normalized spacial score (nSPS) is 12.1. The summed E-state index contributed by atoms with van der Waals surface area (Å²) in [7, 11) is 1.45. The molecule has 5 heteroatoms. The topological polar surface area (TPSA) is 72.3 Å². The van der Waals surface area contributed by atoms with Crippen LogP contribution in [0.15, 0.2) is 12.4 Å². The summed E-state index contributed by atoms with van der Waals surface area (Å²) in [5.74, 6) is -1.29. The Bertz CT molecular complexity index is 328. The molecule has 1 aromatic heterocycles. The molecule has 0 aliphatic rings. The van der Waals surface area contributed by atoms with Gasteiger partial charge in [-0.25, -0.2) is 4.98 Å². The minimum absolute atomic E-state index is 0.279. The molecule has 1 atom stereocenters. The summed E-state index contributed by atoms with van der Waals surface area (Å²) in [6.07, 6.45) is 3.39. The molecule has 0 saturated heterocycles. The highest BCUT2D eigenvalue weighted by Gasteiger charge is 2.23. The quantitative estimate of drug-likeness (QED) is 0.779. The van der Waals surface area contributed by atoms with Gasteiger partial charge in [0, 0.05) is 12.4 Å². The van der Waals surface area contributed by atoms with Crippen molar-refractivity contribution in [3.8, 4) is 5.88 Å². The van der Waals surface area contributed by atoms with Crippen molar-refractivity contribution in [2.45, 2.75) is 19.3 Å². The number of methoxy groups -OCH3 is 1. The van der Waals surface area contributed by atoms with E-state index < -0.39 is 11.9 Å². The van der Waals surface area contributed by atoms with Gasteiger partial charge in [-0.15, -0.1) is 0 Å². The molecule has 0 fully saturated rings. The van der Waals surface area contributed by atoms with Gasteiger partial charge in [-0.1, -0.05) is 6.92 Å². The van der Waals surface area contributed by atoms with E-state index in [1.807, 2.05) is 0 Å². The average Bonchev–Trinajstić information content (AvgIpc) is 2.19. The maximum atomic E-state index is 10.9. The zero-order chi connectivity index (χ0) is 10.6. The smallest absolute Gasteiger partial charge is 0.312 e. The van der Waals surface area contributed by atoms with Crippen molar-refractivity contribution < 1.29 is 14.6 Å². The van der Waals surface area contributed by atoms with Crippen LogP contribution in [-0.4, -0.2) is 28.2 Å². The average molecular weight is 196 g/mol. The zero-order valence-electron chi connectivity index (χ0n) is 8.10. The van der Waals surface area contributed by atoms with E-state index in [2.05, 4.69) is 9.97 Å². The highest BCUT2D eigenvalue weighted by atomic mass is 16.5. The molecule has 0 bridgehead atoms. The molecule has 0 spiro atoms. The van der Waals surface area contributed by atoms with Crippen LogP contribution in [0.3, 0.4) is 0 Å². The second kappa shape index (κ2) is 4.55. The van der Waals surface area contributed by atoms with Crippen LogP contribution < -0.4 is 4.74 Å². The second-order valence-electron chi connectivity index (χ2n) is 2.75. The Hall–Kier alpha value is -1.65. The summed E-state index contributed by atoms with van der Waals surface area (Å²) in [6.45, 7) is 1.78. The summed E-state index contributed by atoms with van der Waals surface area (Å²) >= 11 is 0. The number of nitrogens with zero attached hydrogens (tertiary/aromatic N) is 2. The van der Waals surface area contributed by atoms with Gasteiger partial charge in [-0.05, 0) is 6.42 Å². The van der Waals surface area contributed by atoms with Gasteiger partial charge in [-0.2, -0.15) is 0 Å². The Kier molecular flexibility index (Phi) is 3.39. The molecule has 1 N–H and O–H groups in total. The van der Waals surface area contributed by atoms with E-state index in [9.17, 15) is 4.79 Å². The highest BCUT2D eigenvalue weighted by molar-refractivity contribution is 5.76. The van der Waals surface area contributed by atoms with Crippen LogP contribution in [0.1, 0.15) is 25.0 Å². The number of aliphatic carboxylic acids is 1. The van der Waals surface area contributed by atoms with Crippen molar-refractivity contribution in [3.05, 3.63) is 18.1 Å². The zero-order valence-corrected chi connectivity index (χ0v) is 8.10. The predicted molar refractivity (Wildman–Crippen MR) is 49.3 cm³/mol.